The Labute approximate surface area is 132 Å². The molecular weight excluding hydrogens is 274 g/mol. The maximum Gasteiger partial charge on any atom is 0.146 e. The lowest BCUT2D eigenvalue weighted by atomic mass is 9.61. The summed E-state index contributed by atoms with van der Waals surface area (Å²) < 4.78 is 0. The molecule has 4 atom stereocenters. The van der Waals surface area contributed by atoms with Crippen molar-refractivity contribution in [2.75, 3.05) is 6.54 Å². The number of piperidine rings is 1. The lowest BCUT2D eigenvalue weighted by Gasteiger charge is -2.53. The van der Waals surface area contributed by atoms with Crippen LogP contribution in [-0.4, -0.2) is 30.1 Å². The Morgan fingerprint density at radius 3 is 2.64 bits per heavy atom. The lowest BCUT2D eigenvalue weighted by molar-refractivity contribution is -0.121. The molecule has 0 radical (unpaired) electrons. The van der Waals surface area contributed by atoms with Gasteiger partial charge in [0.05, 0.1) is 5.41 Å². The van der Waals surface area contributed by atoms with Crippen LogP contribution in [0.5, 0.6) is 0 Å². The Morgan fingerprint density at radius 2 is 2.00 bits per heavy atom. The Bertz CT molecular complexity index is 595. The first-order valence-electron chi connectivity index (χ1n) is 8.01. The van der Waals surface area contributed by atoms with Crippen molar-refractivity contribution in [2.45, 2.75) is 32.9 Å². The predicted molar refractivity (Wildman–Crippen MR) is 86.2 cm³/mol. The summed E-state index contributed by atoms with van der Waals surface area (Å²) in [7, 11) is 0. The number of aldehydes is 2. The standard InChI is InChI=1S/C19H23NO2/c1-14-17-8-9-20(11-15-6-4-3-5-7-15)18(14)19(2,13-22)10-16(17)12-21/h3-7,10,12-14,17-18H,8-9,11H2,1-2H3/t14-,17+,18-,19+/m1/s1. The monoisotopic (exact) mass is 297 g/mol. The van der Waals surface area contributed by atoms with E-state index in [9.17, 15) is 9.59 Å². The molecule has 2 bridgehead atoms. The van der Waals surface area contributed by atoms with E-state index in [-0.39, 0.29) is 6.04 Å². The number of nitrogens with zero attached hydrogens (tertiary/aromatic N) is 1. The molecule has 22 heavy (non-hydrogen) atoms. The summed E-state index contributed by atoms with van der Waals surface area (Å²) in [4.78, 5) is 25.6. The quantitative estimate of drug-likeness (QED) is 0.802. The van der Waals surface area contributed by atoms with Crippen LogP contribution in [0.3, 0.4) is 0 Å². The molecule has 2 aliphatic rings. The van der Waals surface area contributed by atoms with Gasteiger partial charge in [-0.25, -0.2) is 0 Å². The highest BCUT2D eigenvalue weighted by Gasteiger charge is 2.49. The van der Waals surface area contributed by atoms with Crippen molar-refractivity contribution in [3.63, 3.8) is 0 Å². The Balaban J connectivity index is 1.94. The topological polar surface area (TPSA) is 37.4 Å². The largest absolute Gasteiger partial charge is 0.302 e. The highest BCUT2D eigenvalue weighted by atomic mass is 16.1. The molecule has 0 amide bonds. The minimum Gasteiger partial charge on any atom is -0.302 e. The zero-order valence-corrected chi connectivity index (χ0v) is 13.2. The third-order valence-corrected chi connectivity index (χ3v) is 5.42. The van der Waals surface area contributed by atoms with E-state index in [0.29, 0.717) is 11.8 Å². The summed E-state index contributed by atoms with van der Waals surface area (Å²) in [5, 5.41) is 0. The molecule has 1 saturated heterocycles. The van der Waals surface area contributed by atoms with E-state index in [4.69, 9.17) is 0 Å². The average molecular weight is 297 g/mol. The molecule has 1 aromatic carbocycles. The third-order valence-electron chi connectivity index (χ3n) is 5.42. The molecule has 0 spiro atoms. The smallest absolute Gasteiger partial charge is 0.146 e. The fraction of sp³-hybridized carbons (Fsp3) is 0.474. The van der Waals surface area contributed by atoms with Crippen LogP contribution in [0, 0.1) is 17.3 Å². The zero-order valence-electron chi connectivity index (χ0n) is 13.2. The van der Waals surface area contributed by atoms with Crippen molar-refractivity contribution >= 4 is 12.6 Å². The van der Waals surface area contributed by atoms with Crippen molar-refractivity contribution in [3.05, 3.63) is 47.5 Å². The molecular formula is C19H23NO2. The van der Waals surface area contributed by atoms with E-state index >= 15 is 0 Å². The second-order valence-corrected chi connectivity index (χ2v) is 6.90. The van der Waals surface area contributed by atoms with E-state index in [1.165, 1.54) is 5.56 Å². The second kappa shape index (κ2) is 5.81. The molecule has 3 heteroatoms. The van der Waals surface area contributed by atoms with Gasteiger partial charge in [0.15, 0.2) is 0 Å². The molecule has 1 aliphatic carbocycles. The minimum atomic E-state index is -0.582. The van der Waals surface area contributed by atoms with E-state index in [0.717, 1.165) is 37.7 Å². The van der Waals surface area contributed by atoms with Gasteiger partial charge in [-0.1, -0.05) is 43.3 Å². The third kappa shape index (κ3) is 2.44. The average Bonchev–Trinajstić information content (AvgIpc) is 2.53. The lowest BCUT2D eigenvalue weighted by Crippen LogP contribution is -2.58. The maximum absolute atomic E-state index is 11.8. The Morgan fingerprint density at radius 1 is 1.27 bits per heavy atom. The molecule has 116 valence electrons. The molecule has 0 aromatic heterocycles. The number of hydrogen-bond acceptors (Lipinski definition) is 3. The van der Waals surface area contributed by atoms with Gasteiger partial charge in [0.1, 0.15) is 12.6 Å². The van der Waals surface area contributed by atoms with Crippen molar-refractivity contribution in [2.24, 2.45) is 17.3 Å². The number of likely N-dealkylation sites (tertiary alicyclic amines) is 1. The number of carbonyl (C=O) groups is 2. The summed E-state index contributed by atoms with van der Waals surface area (Å²) in [6.07, 6.45) is 4.88. The van der Waals surface area contributed by atoms with Gasteiger partial charge in [0.2, 0.25) is 0 Å². The highest BCUT2D eigenvalue weighted by molar-refractivity contribution is 5.78. The fourth-order valence-corrected chi connectivity index (χ4v) is 4.46. The van der Waals surface area contributed by atoms with Crippen LogP contribution in [0.1, 0.15) is 25.8 Å². The molecule has 1 heterocycles. The second-order valence-electron chi connectivity index (χ2n) is 6.90. The number of hydrogen-bond donors (Lipinski definition) is 0. The summed E-state index contributed by atoms with van der Waals surface area (Å²) in [5.74, 6) is 0.611. The molecule has 1 fully saturated rings. The van der Waals surface area contributed by atoms with Crippen LogP contribution in [0.25, 0.3) is 0 Å². The molecule has 0 unspecified atom stereocenters. The van der Waals surface area contributed by atoms with Crippen molar-refractivity contribution in [1.82, 2.24) is 4.90 Å². The summed E-state index contributed by atoms with van der Waals surface area (Å²) in [5.41, 5.74) is 1.51. The van der Waals surface area contributed by atoms with Crippen molar-refractivity contribution in [1.29, 1.82) is 0 Å². The van der Waals surface area contributed by atoms with Crippen LogP contribution >= 0.6 is 0 Å². The maximum atomic E-state index is 11.8. The summed E-state index contributed by atoms with van der Waals surface area (Å²) in [6, 6.07) is 10.5. The van der Waals surface area contributed by atoms with Gasteiger partial charge in [0.25, 0.3) is 0 Å². The van der Waals surface area contributed by atoms with Gasteiger partial charge in [-0.05, 0) is 42.9 Å². The van der Waals surface area contributed by atoms with Crippen LogP contribution in [0.2, 0.25) is 0 Å². The number of allylic oxidation sites excluding steroid dienone is 1. The van der Waals surface area contributed by atoms with Crippen LogP contribution < -0.4 is 0 Å². The van der Waals surface area contributed by atoms with E-state index in [2.05, 4.69) is 36.1 Å². The normalized spacial score (nSPS) is 34.8. The van der Waals surface area contributed by atoms with Gasteiger partial charge >= 0.3 is 0 Å². The first kappa shape index (κ1) is 15.2. The highest BCUT2D eigenvalue weighted by Crippen LogP contribution is 2.47. The SMILES string of the molecule is C[C@@H]1[C@@H]2CCN(Cc3ccccc3)[C@H]1[C@](C)(C=O)C=C2C=O. The number of rotatable bonds is 4. The van der Waals surface area contributed by atoms with Gasteiger partial charge < -0.3 is 4.79 Å². The molecule has 3 rings (SSSR count). The number of benzene rings is 1. The molecule has 0 N–H and O–H groups in total. The Kier molecular flexibility index (Phi) is 4.00. The number of fused-ring (bicyclic) bond motifs is 2. The van der Waals surface area contributed by atoms with Crippen molar-refractivity contribution in [3.8, 4) is 0 Å². The van der Waals surface area contributed by atoms with E-state index < -0.39 is 5.41 Å². The fourth-order valence-electron chi connectivity index (χ4n) is 4.46. The van der Waals surface area contributed by atoms with Gasteiger partial charge in [0, 0.05) is 12.6 Å². The van der Waals surface area contributed by atoms with Gasteiger partial charge in [-0.2, -0.15) is 0 Å². The summed E-state index contributed by atoms with van der Waals surface area (Å²) in [6.45, 7) is 5.94. The van der Waals surface area contributed by atoms with Gasteiger partial charge in [-0.3, -0.25) is 9.69 Å². The van der Waals surface area contributed by atoms with Crippen LogP contribution in [0.4, 0.5) is 0 Å². The first-order chi connectivity index (χ1) is 10.6. The minimum absolute atomic E-state index is 0.160. The van der Waals surface area contributed by atoms with Crippen LogP contribution in [-0.2, 0) is 16.1 Å². The first-order valence-corrected chi connectivity index (χ1v) is 8.01. The number of carbonyl (C=O) groups excluding carboxylic acids is 2. The van der Waals surface area contributed by atoms with E-state index in [1.54, 1.807) is 0 Å². The van der Waals surface area contributed by atoms with Gasteiger partial charge in [-0.15, -0.1) is 0 Å². The molecule has 0 saturated carbocycles. The molecule has 1 aliphatic heterocycles. The zero-order chi connectivity index (χ0) is 15.7. The predicted octanol–water partition coefficient (Wildman–Crippen LogP) is 2.86. The molecule has 1 aromatic rings. The Hall–Kier alpha value is -1.74. The van der Waals surface area contributed by atoms with Crippen molar-refractivity contribution < 1.29 is 9.59 Å². The van der Waals surface area contributed by atoms with Crippen LogP contribution in [0.15, 0.2) is 42.0 Å². The van der Waals surface area contributed by atoms with E-state index in [1.807, 2.05) is 19.1 Å². The summed E-state index contributed by atoms with van der Waals surface area (Å²) >= 11 is 0. The molecule has 3 nitrogen and oxygen atoms in total.